The van der Waals surface area contributed by atoms with E-state index in [-0.39, 0.29) is 5.91 Å². The summed E-state index contributed by atoms with van der Waals surface area (Å²) in [5, 5.41) is 3.04. The van der Waals surface area contributed by atoms with Crippen molar-refractivity contribution in [3.8, 4) is 5.69 Å². The van der Waals surface area contributed by atoms with Gasteiger partial charge in [0.2, 0.25) is 5.91 Å². The van der Waals surface area contributed by atoms with Crippen LogP contribution >= 0.6 is 0 Å². The maximum atomic E-state index is 12.1. The molecule has 1 fully saturated rings. The molecule has 0 saturated carbocycles. The third-order valence-electron chi connectivity index (χ3n) is 4.54. The van der Waals surface area contributed by atoms with Crippen molar-refractivity contribution < 1.29 is 4.79 Å². The minimum absolute atomic E-state index is 0.165. The number of nitrogens with zero attached hydrogens (tertiary/aromatic N) is 3. The molecule has 1 N–H and O–H groups in total. The molecule has 23 heavy (non-hydrogen) atoms. The van der Waals surface area contributed by atoms with Crippen LogP contribution in [0, 0.1) is 5.92 Å². The fraction of sp³-hybridized carbons (Fsp3) is 0.444. The Morgan fingerprint density at radius 3 is 2.65 bits per heavy atom. The molecule has 1 aliphatic heterocycles. The Bertz CT molecular complexity index is 613. The Balaban J connectivity index is 1.45. The van der Waals surface area contributed by atoms with Crippen LogP contribution in [0.3, 0.4) is 0 Å². The molecule has 0 aliphatic carbocycles. The topological polar surface area (TPSA) is 50.2 Å². The summed E-state index contributed by atoms with van der Waals surface area (Å²) in [6.07, 6.45) is 8.36. The SMILES string of the molecule is CN1CCC(CC(=O)NCc2ccc(-n3ccnc3)cc2)CC1. The van der Waals surface area contributed by atoms with E-state index >= 15 is 0 Å². The zero-order valence-electron chi connectivity index (χ0n) is 13.6. The van der Waals surface area contributed by atoms with E-state index in [4.69, 9.17) is 0 Å². The summed E-state index contributed by atoms with van der Waals surface area (Å²) in [5.41, 5.74) is 2.19. The minimum Gasteiger partial charge on any atom is -0.352 e. The molecule has 3 rings (SSSR count). The van der Waals surface area contributed by atoms with Crippen molar-refractivity contribution in [1.82, 2.24) is 19.8 Å². The number of rotatable bonds is 5. The lowest BCUT2D eigenvalue weighted by Gasteiger charge is -2.28. The standard InChI is InChI=1S/C18H24N4O/c1-21-9-6-15(7-10-21)12-18(23)20-13-16-2-4-17(5-3-16)22-11-8-19-14-22/h2-5,8,11,14-15H,6-7,9-10,12-13H2,1H3,(H,20,23). The fourth-order valence-corrected chi connectivity index (χ4v) is 3.00. The van der Waals surface area contributed by atoms with Crippen LogP contribution < -0.4 is 5.32 Å². The maximum Gasteiger partial charge on any atom is 0.220 e. The molecule has 1 aliphatic rings. The van der Waals surface area contributed by atoms with Gasteiger partial charge in [0, 0.05) is 31.0 Å². The second-order valence-corrected chi connectivity index (χ2v) is 6.36. The number of nitrogens with one attached hydrogen (secondary N) is 1. The first-order valence-corrected chi connectivity index (χ1v) is 8.23. The number of imidazole rings is 1. The molecule has 0 bridgehead atoms. The van der Waals surface area contributed by atoms with Gasteiger partial charge >= 0.3 is 0 Å². The highest BCUT2D eigenvalue weighted by atomic mass is 16.1. The highest BCUT2D eigenvalue weighted by molar-refractivity contribution is 5.76. The number of aromatic nitrogens is 2. The molecule has 1 aromatic heterocycles. The summed E-state index contributed by atoms with van der Waals surface area (Å²) in [7, 11) is 2.14. The number of amides is 1. The zero-order valence-corrected chi connectivity index (χ0v) is 13.6. The normalized spacial score (nSPS) is 16.4. The van der Waals surface area contributed by atoms with E-state index in [1.165, 1.54) is 0 Å². The minimum atomic E-state index is 0.165. The first-order valence-electron chi connectivity index (χ1n) is 8.23. The maximum absolute atomic E-state index is 12.1. The van der Waals surface area contributed by atoms with E-state index in [9.17, 15) is 4.79 Å². The second-order valence-electron chi connectivity index (χ2n) is 6.36. The third-order valence-corrected chi connectivity index (χ3v) is 4.54. The van der Waals surface area contributed by atoms with E-state index in [0.717, 1.165) is 37.2 Å². The Hall–Kier alpha value is -2.14. The van der Waals surface area contributed by atoms with E-state index in [0.29, 0.717) is 18.9 Å². The lowest BCUT2D eigenvalue weighted by molar-refractivity contribution is -0.122. The summed E-state index contributed by atoms with van der Waals surface area (Å²) < 4.78 is 1.96. The fourth-order valence-electron chi connectivity index (χ4n) is 3.00. The lowest BCUT2D eigenvalue weighted by Crippen LogP contribution is -2.33. The Morgan fingerprint density at radius 2 is 2.00 bits per heavy atom. The van der Waals surface area contributed by atoms with Crippen LogP contribution in [0.1, 0.15) is 24.8 Å². The molecule has 5 heteroatoms. The average Bonchev–Trinajstić information content (AvgIpc) is 3.10. The predicted octanol–water partition coefficient (Wildman–Crippen LogP) is 2.22. The molecule has 2 heterocycles. The van der Waals surface area contributed by atoms with Crippen LogP contribution in [0.2, 0.25) is 0 Å². The van der Waals surface area contributed by atoms with E-state index in [2.05, 4.69) is 22.2 Å². The van der Waals surface area contributed by atoms with Gasteiger partial charge in [0.15, 0.2) is 0 Å². The van der Waals surface area contributed by atoms with Gasteiger partial charge in [-0.2, -0.15) is 0 Å². The van der Waals surface area contributed by atoms with E-state index in [1.54, 1.807) is 12.5 Å². The molecule has 0 radical (unpaired) electrons. The van der Waals surface area contributed by atoms with Crippen molar-refractivity contribution >= 4 is 5.91 Å². The highest BCUT2D eigenvalue weighted by Gasteiger charge is 2.19. The first kappa shape index (κ1) is 15.7. The quantitative estimate of drug-likeness (QED) is 0.921. The summed E-state index contributed by atoms with van der Waals surface area (Å²) in [5.74, 6) is 0.702. The van der Waals surface area contributed by atoms with Crippen molar-refractivity contribution in [1.29, 1.82) is 0 Å². The van der Waals surface area contributed by atoms with Crippen LogP contribution in [-0.4, -0.2) is 40.5 Å². The summed E-state index contributed by atoms with van der Waals surface area (Å²) >= 11 is 0. The Labute approximate surface area is 137 Å². The molecule has 2 aromatic rings. The summed E-state index contributed by atoms with van der Waals surface area (Å²) in [6.45, 7) is 2.80. The number of likely N-dealkylation sites (tertiary alicyclic amines) is 1. The predicted molar refractivity (Wildman–Crippen MR) is 90.2 cm³/mol. The molecule has 1 aromatic carbocycles. The molecule has 122 valence electrons. The monoisotopic (exact) mass is 312 g/mol. The van der Waals surface area contributed by atoms with Gasteiger partial charge in [0.1, 0.15) is 0 Å². The van der Waals surface area contributed by atoms with Gasteiger partial charge in [0.25, 0.3) is 0 Å². The average molecular weight is 312 g/mol. The van der Waals surface area contributed by atoms with Crippen LogP contribution in [0.15, 0.2) is 43.0 Å². The van der Waals surface area contributed by atoms with Crippen molar-refractivity contribution in [2.45, 2.75) is 25.8 Å². The van der Waals surface area contributed by atoms with Gasteiger partial charge in [-0.3, -0.25) is 4.79 Å². The number of carbonyl (C=O) groups is 1. The van der Waals surface area contributed by atoms with Crippen LogP contribution in [0.25, 0.3) is 5.69 Å². The largest absolute Gasteiger partial charge is 0.352 e. The summed E-state index contributed by atoms with van der Waals surface area (Å²) in [6, 6.07) is 8.18. The molecule has 0 spiro atoms. The van der Waals surface area contributed by atoms with E-state index < -0.39 is 0 Å². The lowest BCUT2D eigenvalue weighted by atomic mass is 9.93. The van der Waals surface area contributed by atoms with Crippen LogP contribution in [0.4, 0.5) is 0 Å². The molecule has 1 saturated heterocycles. The second kappa shape index (κ2) is 7.42. The smallest absolute Gasteiger partial charge is 0.220 e. The number of hydrogen-bond acceptors (Lipinski definition) is 3. The van der Waals surface area contributed by atoms with Gasteiger partial charge < -0.3 is 14.8 Å². The summed E-state index contributed by atoms with van der Waals surface area (Å²) in [4.78, 5) is 18.5. The van der Waals surface area contributed by atoms with Crippen LogP contribution in [-0.2, 0) is 11.3 Å². The van der Waals surface area contributed by atoms with E-state index in [1.807, 2.05) is 35.0 Å². The molecule has 0 atom stereocenters. The highest BCUT2D eigenvalue weighted by Crippen LogP contribution is 2.19. The Kier molecular flexibility index (Phi) is 5.08. The van der Waals surface area contributed by atoms with Gasteiger partial charge in [0.05, 0.1) is 6.33 Å². The van der Waals surface area contributed by atoms with Gasteiger partial charge in [-0.1, -0.05) is 12.1 Å². The number of hydrogen-bond donors (Lipinski definition) is 1. The third kappa shape index (κ3) is 4.42. The Morgan fingerprint density at radius 1 is 1.26 bits per heavy atom. The molecule has 0 unspecified atom stereocenters. The number of carbonyl (C=O) groups excluding carboxylic acids is 1. The molecule has 1 amide bonds. The van der Waals surface area contributed by atoms with Crippen molar-refractivity contribution in [3.63, 3.8) is 0 Å². The van der Waals surface area contributed by atoms with Crippen molar-refractivity contribution in [2.24, 2.45) is 5.92 Å². The van der Waals surface area contributed by atoms with Crippen molar-refractivity contribution in [3.05, 3.63) is 48.5 Å². The van der Waals surface area contributed by atoms with Gasteiger partial charge in [-0.05, 0) is 56.6 Å². The molecular formula is C18H24N4O. The molecular weight excluding hydrogens is 288 g/mol. The van der Waals surface area contributed by atoms with Crippen molar-refractivity contribution in [2.75, 3.05) is 20.1 Å². The number of piperidine rings is 1. The van der Waals surface area contributed by atoms with Crippen LogP contribution in [0.5, 0.6) is 0 Å². The number of benzene rings is 1. The zero-order chi connectivity index (χ0) is 16.1. The van der Waals surface area contributed by atoms with Gasteiger partial charge in [-0.15, -0.1) is 0 Å². The van der Waals surface area contributed by atoms with Gasteiger partial charge in [-0.25, -0.2) is 4.98 Å². The molecule has 5 nitrogen and oxygen atoms in total. The first-order chi connectivity index (χ1) is 11.2.